The van der Waals surface area contributed by atoms with Gasteiger partial charge in [-0.25, -0.2) is 0 Å². The van der Waals surface area contributed by atoms with E-state index in [4.69, 9.17) is 21.7 Å². The van der Waals surface area contributed by atoms with Gasteiger partial charge in [0.25, 0.3) is 0 Å². The molecule has 3 atom stereocenters. The third kappa shape index (κ3) is 1.58. The summed E-state index contributed by atoms with van der Waals surface area (Å²) in [4.78, 5) is 3.33. The van der Waals surface area contributed by atoms with Crippen LogP contribution in [0.3, 0.4) is 0 Å². The molecule has 0 bridgehead atoms. The van der Waals surface area contributed by atoms with Crippen molar-refractivity contribution in [2.75, 3.05) is 20.8 Å². The van der Waals surface area contributed by atoms with Crippen LogP contribution in [0.2, 0.25) is 0 Å². The van der Waals surface area contributed by atoms with Gasteiger partial charge in [0, 0.05) is 32.7 Å². The highest BCUT2D eigenvalue weighted by Gasteiger charge is 2.60. The third-order valence-electron chi connectivity index (χ3n) is 5.22. The van der Waals surface area contributed by atoms with Crippen LogP contribution in [0.4, 0.5) is 0 Å². The van der Waals surface area contributed by atoms with Crippen molar-refractivity contribution in [2.45, 2.75) is 50.4 Å². The Morgan fingerprint density at radius 3 is 2.56 bits per heavy atom. The van der Waals surface area contributed by atoms with Crippen LogP contribution < -0.4 is 0 Å². The smallest absolute Gasteiger partial charge is 0.225 e. The Kier molecular flexibility index (Phi) is 3.37. The molecule has 3 nitrogen and oxygen atoms in total. The molecule has 0 spiro atoms. The number of ether oxygens (including phenoxy) is 2. The van der Waals surface area contributed by atoms with E-state index in [1.54, 1.807) is 14.2 Å². The Bertz CT molecular complexity index is 343. The highest BCUT2D eigenvalue weighted by molar-refractivity contribution is 7.80. The first-order chi connectivity index (χ1) is 8.74. The van der Waals surface area contributed by atoms with E-state index in [1.807, 2.05) is 0 Å². The lowest BCUT2D eigenvalue weighted by Crippen LogP contribution is -2.47. The van der Waals surface area contributed by atoms with E-state index < -0.39 is 5.79 Å². The minimum Gasteiger partial charge on any atom is -0.358 e. The van der Waals surface area contributed by atoms with Crippen molar-refractivity contribution in [3.05, 3.63) is 0 Å². The fourth-order valence-corrected chi connectivity index (χ4v) is 5.00. The fourth-order valence-electron chi connectivity index (χ4n) is 4.47. The molecule has 3 rings (SSSR count). The molecule has 0 N–H and O–H groups in total. The van der Waals surface area contributed by atoms with E-state index >= 15 is 0 Å². The average molecular weight is 269 g/mol. The first-order valence-corrected chi connectivity index (χ1v) is 7.57. The van der Waals surface area contributed by atoms with Gasteiger partial charge in [-0.3, -0.25) is 0 Å². The van der Waals surface area contributed by atoms with E-state index in [0.717, 1.165) is 17.5 Å². The summed E-state index contributed by atoms with van der Waals surface area (Å²) in [5.41, 5.74) is 0. The first-order valence-electron chi connectivity index (χ1n) is 7.16. The van der Waals surface area contributed by atoms with Crippen molar-refractivity contribution in [1.82, 2.24) is 4.90 Å². The van der Waals surface area contributed by atoms with Gasteiger partial charge in [0.1, 0.15) is 4.99 Å². The number of thiocarbonyl (C=S) groups is 1. The molecule has 1 saturated carbocycles. The van der Waals surface area contributed by atoms with Gasteiger partial charge in [-0.15, -0.1) is 0 Å². The number of rotatable bonds is 2. The molecule has 2 saturated heterocycles. The second-order valence-electron chi connectivity index (χ2n) is 5.86. The summed E-state index contributed by atoms with van der Waals surface area (Å²) in [6, 6.07) is 0.564. The maximum absolute atomic E-state index is 5.77. The van der Waals surface area contributed by atoms with E-state index in [9.17, 15) is 0 Å². The van der Waals surface area contributed by atoms with Gasteiger partial charge in [-0.2, -0.15) is 0 Å². The molecule has 0 aromatic rings. The molecule has 0 amide bonds. The van der Waals surface area contributed by atoms with Crippen molar-refractivity contribution in [1.29, 1.82) is 0 Å². The quantitative estimate of drug-likeness (QED) is 0.567. The van der Waals surface area contributed by atoms with Gasteiger partial charge >= 0.3 is 0 Å². The molecule has 2 aliphatic heterocycles. The third-order valence-corrected chi connectivity index (χ3v) is 5.74. The molecule has 102 valence electrons. The highest BCUT2D eigenvalue weighted by atomic mass is 32.1. The minimum absolute atomic E-state index is 0.428. The van der Waals surface area contributed by atoms with E-state index in [0.29, 0.717) is 12.0 Å². The number of hydrogen-bond donors (Lipinski definition) is 0. The van der Waals surface area contributed by atoms with Crippen LogP contribution in [0.25, 0.3) is 0 Å². The van der Waals surface area contributed by atoms with Crippen molar-refractivity contribution >= 4 is 17.2 Å². The molecule has 18 heavy (non-hydrogen) atoms. The second-order valence-corrected chi connectivity index (χ2v) is 6.24. The van der Waals surface area contributed by atoms with Crippen molar-refractivity contribution in [2.24, 2.45) is 11.8 Å². The van der Waals surface area contributed by atoms with Gasteiger partial charge in [0.2, 0.25) is 5.79 Å². The van der Waals surface area contributed by atoms with E-state index in [1.165, 1.54) is 38.5 Å². The number of methoxy groups -OCH3 is 2. The van der Waals surface area contributed by atoms with Gasteiger partial charge < -0.3 is 14.4 Å². The lowest BCUT2D eigenvalue weighted by atomic mass is 9.74. The maximum Gasteiger partial charge on any atom is 0.225 e. The Labute approximate surface area is 115 Å². The van der Waals surface area contributed by atoms with Gasteiger partial charge in [0.15, 0.2) is 0 Å². The number of nitrogens with zero attached hydrogens (tertiary/aromatic N) is 1. The van der Waals surface area contributed by atoms with Crippen LogP contribution in [0.5, 0.6) is 0 Å². The maximum atomic E-state index is 5.77. The molecule has 2 heterocycles. The van der Waals surface area contributed by atoms with Gasteiger partial charge in [-0.05, 0) is 31.6 Å². The summed E-state index contributed by atoms with van der Waals surface area (Å²) in [5, 5.41) is 0. The molecule has 0 aromatic heterocycles. The van der Waals surface area contributed by atoms with Crippen molar-refractivity contribution < 1.29 is 9.47 Å². The van der Waals surface area contributed by atoms with Gasteiger partial charge in [0.05, 0.1) is 0 Å². The molecular formula is C14H23NO2S. The zero-order valence-corrected chi connectivity index (χ0v) is 12.2. The topological polar surface area (TPSA) is 21.7 Å². The molecule has 0 radical (unpaired) electrons. The minimum atomic E-state index is -0.629. The Morgan fingerprint density at radius 2 is 1.83 bits per heavy atom. The van der Waals surface area contributed by atoms with E-state index in [-0.39, 0.29) is 0 Å². The largest absolute Gasteiger partial charge is 0.358 e. The van der Waals surface area contributed by atoms with Crippen LogP contribution >= 0.6 is 12.2 Å². The average Bonchev–Trinajstić information content (AvgIpc) is 2.56. The zero-order chi connectivity index (χ0) is 12.8. The standard InChI is InChI=1S/C14H23NO2S/c1-16-14(17-2)11-8-5-7-10-6-3-4-9-15(12(10)11)13(14)18/h10-12H,3-9H2,1-2H3/t10-,11-,12-/m1/s1. The summed E-state index contributed by atoms with van der Waals surface area (Å²) < 4.78 is 11.5. The van der Waals surface area contributed by atoms with Crippen LogP contribution in [-0.2, 0) is 9.47 Å². The lowest BCUT2D eigenvalue weighted by Gasteiger charge is -2.39. The summed E-state index contributed by atoms with van der Waals surface area (Å²) >= 11 is 5.71. The molecule has 0 aromatic carbocycles. The Hall–Kier alpha value is -0.190. The van der Waals surface area contributed by atoms with Gasteiger partial charge in [-0.1, -0.05) is 25.1 Å². The molecular weight excluding hydrogens is 246 g/mol. The SMILES string of the molecule is COC1(OC)C(=S)N2CCCC[C@@H]3CCC[C@@H]1[C@@H]32. The van der Waals surface area contributed by atoms with E-state index in [2.05, 4.69) is 4.90 Å². The highest BCUT2D eigenvalue weighted by Crippen LogP contribution is 2.50. The van der Waals surface area contributed by atoms with Crippen LogP contribution in [-0.4, -0.2) is 42.5 Å². The summed E-state index contributed by atoms with van der Waals surface area (Å²) in [7, 11) is 3.48. The summed E-state index contributed by atoms with van der Waals surface area (Å²) in [6.45, 7) is 1.09. The predicted octanol–water partition coefficient (Wildman–Crippen LogP) is 2.59. The lowest BCUT2D eigenvalue weighted by molar-refractivity contribution is -0.189. The van der Waals surface area contributed by atoms with Crippen LogP contribution in [0.1, 0.15) is 38.5 Å². The number of hydrogen-bond acceptors (Lipinski definition) is 3. The molecule has 4 heteroatoms. The summed E-state index contributed by atoms with van der Waals surface area (Å²) in [5.74, 6) is 0.587. The molecule has 3 aliphatic rings. The Balaban J connectivity index is 2.01. The van der Waals surface area contributed by atoms with Crippen molar-refractivity contribution in [3.8, 4) is 0 Å². The monoisotopic (exact) mass is 269 g/mol. The molecule has 1 aliphatic carbocycles. The first kappa shape index (κ1) is 12.8. The molecule has 0 unspecified atom stereocenters. The normalized spacial score (nSPS) is 38.4. The predicted molar refractivity (Wildman–Crippen MR) is 74.5 cm³/mol. The zero-order valence-electron chi connectivity index (χ0n) is 11.4. The van der Waals surface area contributed by atoms with Crippen LogP contribution in [0, 0.1) is 11.8 Å². The van der Waals surface area contributed by atoms with Crippen LogP contribution in [0.15, 0.2) is 0 Å². The Morgan fingerprint density at radius 1 is 1.11 bits per heavy atom. The molecule has 3 fully saturated rings. The fraction of sp³-hybridized carbons (Fsp3) is 0.929. The van der Waals surface area contributed by atoms with Crippen molar-refractivity contribution in [3.63, 3.8) is 0 Å². The second kappa shape index (κ2) is 4.73. The summed E-state index contributed by atoms with van der Waals surface area (Å²) in [6.07, 6.45) is 7.77.